The third-order valence-corrected chi connectivity index (χ3v) is 2.97. The summed E-state index contributed by atoms with van der Waals surface area (Å²) in [5.74, 6) is -0.0367. The van der Waals surface area contributed by atoms with Crippen molar-refractivity contribution in [2.45, 2.75) is 18.9 Å². The Balaban J connectivity index is 1.99. The summed E-state index contributed by atoms with van der Waals surface area (Å²) < 4.78 is 0. The predicted octanol–water partition coefficient (Wildman–Crippen LogP) is 1.08. The molecule has 0 aliphatic carbocycles. The van der Waals surface area contributed by atoms with Crippen LogP contribution in [0.1, 0.15) is 18.4 Å². The first-order valence-corrected chi connectivity index (χ1v) is 5.81. The van der Waals surface area contributed by atoms with E-state index in [0.29, 0.717) is 0 Å². The summed E-state index contributed by atoms with van der Waals surface area (Å²) in [7, 11) is 0. The summed E-state index contributed by atoms with van der Waals surface area (Å²) in [6.45, 7) is 0.786. The highest BCUT2D eigenvalue weighted by molar-refractivity contribution is 5.92. The van der Waals surface area contributed by atoms with Crippen LogP contribution in [0.4, 0.5) is 0 Å². The zero-order valence-electron chi connectivity index (χ0n) is 9.62. The van der Waals surface area contributed by atoms with E-state index in [9.17, 15) is 4.79 Å². The van der Waals surface area contributed by atoms with Crippen molar-refractivity contribution in [2.24, 2.45) is 0 Å². The second-order valence-corrected chi connectivity index (χ2v) is 4.13. The summed E-state index contributed by atoms with van der Waals surface area (Å²) in [6, 6.07) is 3.71. The third-order valence-electron chi connectivity index (χ3n) is 2.97. The average Bonchev–Trinajstić information content (AvgIpc) is 2.85. The van der Waals surface area contributed by atoms with Gasteiger partial charge in [0.1, 0.15) is 0 Å². The van der Waals surface area contributed by atoms with Crippen LogP contribution in [-0.2, 0) is 4.79 Å². The highest BCUT2D eigenvalue weighted by Gasteiger charge is 2.26. The fourth-order valence-electron chi connectivity index (χ4n) is 2.05. The Bertz CT molecular complexity index is 403. The monoisotopic (exact) mass is 232 g/mol. The molecular formula is C13H16N2O2. The van der Waals surface area contributed by atoms with E-state index >= 15 is 0 Å². The van der Waals surface area contributed by atoms with Gasteiger partial charge in [-0.25, -0.2) is 0 Å². The molecule has 17 heavy (non-hydrogen) atoms. The molecule has 0 saturated carbocycles. The van der Waals surface area contributed by atoms with Gasteiger partial charge in [-0.2, -0.15) is 0 Å². The van der Waals surface area contributed by atoms with E-state index in [1.807, 2.05) is 12.1 Å². The van der Waals surface area contributed by atoms with Crippen LogP contribution in [-0.4, -0.2) is 40.1 Å². The first kappa shape index (κ1) is 11.8. The Labute approximate surface area is 101 Å². The molecule has 1 atom stereocenters. The standard InChI is InChI=1S/C13H16N2O2/c16-10-12-4-2-8-15(12)13(17)6-5-11-3-1-7-14-9-11/h1,3,5-7,9,12,16H,2,4,8,10H2/t12-/m0/s1. The molecule has 90 valence electrons. The van der Waals surface area contributed by atoms with Crippen LogP contribution in [0.2, 0.25) is 0 Å². The van der Waals surface area contributed by atoms with Crippen molar-refractivity contribution in [3.8, 4) is 0 Å². The summed E-state index contributed by atoms with van der Waals surface area (Å²) in [4.78, 5) is 17.6. The SMILES string of the molecule is O=C(C=Cc1cccnc1)N1CCC[C@H]1CO. The van der Waals surface area contributed by atoms with Gasteiger partial charge in [0.2, 0.25) is 5.91 Å². The van der Waals surface area contributed by atoms with Gasteiger partial charge in [-0.1, -0.05) is 6.07 Å². The molecule has 1 aromatic rings. The van der Waals surface area contributed by atoms with E-state index in [0.717, 1.165) is 24.9 Å². The maximum Gasteiger partial charge on any atom is 0.246 e. The molecule has 0 spiro atoms. The topological polar surface area (TPSA) is 53.4 Å². The van der Waals surface area contributed by atoms with Crippen LogP contribution in [0.5, 0.6) is 0 Å². The first-order valence-electron chi connectivity index (χ1n) is 5.81. The van der Waals surface area contributed by atoms with E-state index in [2.05, 4.69) is 4.98 Å². The molecule has 1 saturated heterocycles. The van der Waals surface area contributed by atoms with Crippen molar-refractivity contribution < 1.29 is 9.90 Å². The van der Waals surface area contributed by atoms with Crippen molar-refractivity contribution in [1.29, 1.82) is 0 Å². The number of aliphatic hydroxyl groups excluding tert-OH is 1. The minimum Gasteiger partial charge on any atom is -0.394 e. The Morgan fingerprint density at radius 3 is 3.24 bits per heavy atom. The van der Waals surface area contributed by atoms with Crippen molar-refractivity contribution in [3.05, 3.63) is 36.2 Å². The number of rotatable bonds is 3. The van der Waals surface area contributed by atoms with Gasteiger partial charge in [-0.05, 0) is 30.5 Å². The van der Waals surface area contributed by atoms with Gasteiger partial charge in [0, 0.05) is 25.0 Å². The second kappa shape index (κ2) is 5.59. The smallest absolute Gasteiger partial charge is 0.246 e. The Morgan fingerprint density at radius 1 is 1.65 bits per heavy atom. The van der Waals surface area contributed by atoms with Gasteiger partial charge < -0.3 is 10.0 Å². The summed E-state index contributed by atoms with van der Waals surface area (Å²) >= 11 is 0. The highest BCUT2D eigenvalue weighted by atomic mass is 16.3. The lowest BCUT2D eigenvalue weighted by Gasteiger charge is -2.21. The molecule has 1 amide bonds. The van der Waals surface area contributed by atoms with Gasteiger partial charge >= 0.3 is 0 Å². The molecule has 0 unspecified atom stereocenters. The summed E-state index contributed by atoms with van der Waals surface area (Å²) in [5.41, 5.74) is 0.903. The van der Waals surface area contributed by atoms with Crippen molar-refractivity contribution in [2.75, 3.05) is 13.2 Å². The number of amides is 1. The quantitative estimate of drug-likeness (QED) is 0.793. The van der Waals surface area contributed by atoms with Crippen LogP contribution in [0.25, 0.3) is 6.08 Å². The van der Waals surface area contributed by atoms with Crippen LogP contribution in [0.15, 0.2) is 30.6 Å². The van der Waals surface area contributed by atoms with E-state index in [4.69, 9.17) is 5.11 Å². The number of pyridine rings is 1. The number of aliphatic hydroxyl groups is 1. The maximum atomic E-state index is 11.9. The van der Waals surface area contributed by atoms with Gasteiger partial charge in [0.25, 0.3) is 0 Å². The zero-order chi connectivity index (χ0) is 12.1. The lowest BCUT2D eigenvalue weighted by molar-refractivity contribution is -0.127. The molecule has 2 rings (SSSR count). The minimum absolute atomic E-state index is 0.0129. The molecular weight excluding hydrogens is 216 g/mol. The van der Waals surface area contributed by atoms with Gasteiger partial charge in [-0.15, -0.1) is 0 Å². The van der Waals surface area contributed by atoms with Crippen LogP contribution >= 0.6 is 0 Å². The maximum absolute atomic E-state index is 11.9. The molecule has 4 nitrogen and oxygen atoms in total. The predicted molar refractivity (Wildman–Crippen MR) is 65.1 cm³/mol. The molecule has 0 bridgehead atoms. The molecule has 1 N–H and O–H groups in total. The number of nitrogens with zero attached hydrogens (tertiary/aromatic N) is 2. The van der Waals surface area contributed by atoms with Crippen LogP contribution in [0, 0.1) is 0 Å². The van der Waals surface area contributed by atoms with Crippen LogP contribution < -0.4 is 0 Å². The minimum atomic E-state index is -0.0367. The fourth-order valence-corrected chi connectivity index (χ4v) is 2.05. The van der Waals surface area contributed by atoms with E-state index in [-0.39, 0.29) is 18.6 Å². The van der Waals surface area contributed by atoms with E-state index in [1.54, 1.807) is 29.4 Å². The zero-order valence-corrected chi connectivity index (χ0v) is 9.62. The second-order valence-electron chi connectivity index (χ2n) is 4.13. The first-order chi connectivity index (χ1) is 8.31. The van der Waals surface area contributed by atoms with Crippen molar-refractivity contribution in [3.63, 3.8) is 0 Å². The number of likely N-dealkylation sites (tertiary alicyclic amines) is 1. The lowest BCUT2D eigenvalue weighted by atomic mass is 10.2. The van der Waals surface area contributed by atoms with Gasteiger partial charge in [0.05, 0.1) is 12.6 Å². The highest BCUT2D eigenvalue weighted by Crippen LogP contribution is 2.17. The number of carbonyl (C=O) groups excluding carboxylic acids is 1. The van der Waals surface area contributed by atoms with E-state index in [1.165, 1.54) is 0 Å². The summed E-state index contributed by atoms with van der Waals surface area (Å²) in [5, 5.41) is 9.14. The number of aromatic nitrogens is 1. The van der Waals surface area contributed by atoms with Crippen molar-refractivity contribution in [1.82, 2.24) is 9.88 Å². The molecule has 4 heteroatoms. The number of hydrogen-bond acceptors (Lipinski definition) is 3. The molecule has 1 fully saturated rings. The normalized spacial score (nSPS) is 20.1. The van der Waals surface area contributed by atoms with Gasteiger partial charge in [0.15, 0.2) is 0 Å². The molecule has 0 aromatic carbocycles. The molecule has 1 aliphatic rings. The largest absolute Gasteiger partial charge is 0.394 e. The fraction of sp³-hybridized carbons (Fsp3) is 0.385. The molecule has 2 heterocycles. The van der Waals surface area contributed by atoms with Crippen molar-refractivity contribution >= 4 is 12.0 Å². The Kier molecular flexibility index (Phi) is 3.88. The number of carbonyl (C=O) groups is 1. The molecule has 1 aliphatic heterocycles. The Morgan fingerprint density at radius 2 is 2.53 bits per heavy atom. The van der Waals surface area contributed by atoms with E-state index < -0.39 is 0 Å². The molecule has 1 aromatic heterocycles. The third kappa shape index (κ3) is 2.91. The molecule has 0 radical (unpaired) electrons. The average molecular weight is 232 g/mol. The Hall–Kier alpha value is -1.68. The summed E-state index contributed by atoms with van der Waals surface area (Å²) in [6.07, 6.45) is 8.56. The lowest BCUT2D eigenvalue weighted by Crippen LogP contribution is -2.36. The van der Waals surface area contributed by atoms with Crippen LogP contribution in [0.3, 0.4) is 0 Å². The number of hydrogen-bond donors (Lipinski definition) is 1. The van der Waals surface area contributed by atoms with Gasteiger partial charge in [-0.3, -0.25) is 9.78 Å².